The van der Waals surface area contributed by atoms with E-state index < -0.39 is 0 Å². The van der Waals surface area contributed by atoms with Crippen LogP contribution in [0.5, 0.6) is 0 Å². The number of nitrogens with zero attached hydrogens (tertiary/aromatic N) is 3. The van der Waals surface area contributed by atoms with Crippen LogP contribution in [0.25, 0.3) is 0 Å². The highest BCUT2D eigenvalue weighted by Gasteiger charge is 2.12. The molecule has 1 N–H and O–H groups in total. The molecular weight excluding hydrogens is 264 g/mol. The summed E-state index contributed by atoms with van der Waals surface area (Å²) in [7, 11) is 0. The second kappa shape index (κ2) is 9.32. The van der Waals surface area contributed by atoms with Gasteiger partial charge in [-0.3, -0.25) is 4.79 Å². The first-order chi connectivity index (χ1) is 10.1. The van der Waals surface area contributed by atoms with Crippen molar-refractivity contribution in [2.75, 3.05) is 24.5 Å². The second-order valence-electron chi connectivity index (χ2n) is 5.69. The van der Waals surface area contributed by atoms with E-state index in [1.807, 2.05) is 0 Å². The van der Waals surface area contributed by atoms with Crippen LogP contribution >= 0.6 is 0 Å². The van der Waals surface area contributed by atoms with Gasteiger partial charge in [0.15, 0.2) is 0 Å². The highest BCUT2D eigenvalue weighted by molar-refractivity contribution is 5.92. The number of anilines is 1. The van der Waals surface area contributed by atoms with Gasteiger partial charge in [-0.2, -0.15) is 0 Å². The lowest BCUT2D eigenvalue weighted by molar-refractivity contribution is 0.0947. The fourth-order valence-corrected chi connectivity index (χ4v) is 2.09. The van der Waals surface area contributed by atoms with Crippen molar-refractivity contribution in [3.05, 3.63) is 18.1 Å². The molecule has 1 heterocycles. The maximum atomic E-state index is 12.1. The number of hydrogen-bond acceptors (Lipinski definition) is 4. The van der Waals surface area contributed by atoms with Gasteiger partial charge in [0, 0.05) is 25.7 Å². The summed E-state index contributed by atoms with van der Waals surface area (Å²) in [4.78, 5) is 22.7. The molecule has 0 aliphatic rings. The van der Waals surface area contributed by atoms with Gasteiger partial charge in [-0.1, -0.05) is 27.7 Å². The molecular formula is C16H28N4O. The van der Waals surface area contributed by atoms with Crippen molar-refractivity contribution in [1.82, 2.24) is 15.3 Å². The van der Waals surface area contributed by atoms with Crippen LogP contribution in [0.15, 0.2) is 12.4 Å². The number of rotatable bonds is 9. The maximum absolute atomic E-state index is 12.1. The lowest BCUT2D eigenvalue weighted by atomic mass is 10.1. The van der Waals surface area contributed by atoms with Gasteiger partial charge in [-0.25, -0.2) is 9.97 Å². The van der Waals surface area contributed by atoms with Gasteiger partial charge >= 0.3 is 0 Å². The van der Waals surface area contributed by atoms with Crippen LogP contribution in [0.3, 0.4) is 0 Å². The Labute approximate surface area is 128 Å². The zero-order chi connectivity index (χ0) is 15.7. The monoisotopic (exact) mass is 292 g/mol. The first kappa shape index (κ1) is 17.4. The fourth-order valence-electron chi connectivity index (χ4n) is 2.09. The first-order valence-electron chi connectivity index (χ1n) is 7.93. The molecule has 5 heteroatoms. The molecule has 5 nitrogen and oxygen atoms in total. The van der Waals surface area contributed by atoms with Gasteiger partial charge in [0.05, 0.1) is 0 Å². The van der Waals surface area contributed by atoms with Crippen molar-refractivity contribution in [2.45, 2.75) is 47.0 Å². The van der Waals surface area contributed by atoms with E-state index in [2.05, 4.69) is 47.9 Å². The lowest BCUT2D eigenvalue weighted by Gasteiger charge is -2.22. The predicted molar refractivity (Wildman–Crippen MR) is 86.6 cm³/mol. The number of amides is 1. The summed E-state index contributed by atoms with van der Waals surface area (Å²) in [5.41, 5.74) is 0.445. The SMILES string of the molecule is CCCN(CCC)c1cc(C(=O)NCCC(C)C)ncn1. The molecule has 0 atom stereocenters. The highest BCUT2D eigenvalue weighted by atomic mass is 16.1. The molecule has 0 aromatic carbocycles. The number of aromatic nitrogens is 2. The summed E-state index contributed by atoms with van der Waals surface area (Å²) in [5.74, 6) is 1.30. The van der Waals surface area contributed by atoms with E-state index in [-0.39, 0.29) is 5.91 Å². The van der Waals surface area contributed by atoms with Crippen molar-refractivity contribution in [1.29, 1.82) is 0 Å². The number of hydrogen-bond donors (Lipinski definition) is 1. The van der Waals surface area contributed by atoms with E-state index >= 15 is 0 Å². The van der Waals surface area contributed by atoms with Gasteiger partial charge in [-0.05, 0) is 25.2 Å². The molecule has 0 saturated carbocycles. The second-order valence-corrected chi connectivity index (χ2v) is 5.69. The van der Waals surface area contributed by atoms with Crippen LogP contribution in [0.1, 0.15) is 57.4 Å². The Morgan fingerprint density at radius 1 is 1.24 bits per heavy atom. The van der Waals surface area contributed by atoms with Crippen LogP contribution in [0.4, 0.5) is 5.82 Å². The summed E-state index contributed by atoms with van der Waals surface area (Å²) in [6.45, 7) is 11.1. The summed E-state index contributed by atoms with van der Waals surface area (Å²) in [5, 5.41) is 2.91. The van der Waals surface area contributed by atoms with Crippen molar-refractivity contribution < 1.29 is 4.79 Å². The van der Waals surface area contributed by atoms with E-state index in [4.69, 9.17) is 0 Å². The molecule has 21 heavy (non-hydrogen) atoms. The topological polar surface area (TPSA) is 58.1 Å². The molecule has 118 valence electrons. The van der Waals surface area contributed by atoms with Crippen LogP contribution < -0.4 is 10.2 Å². The molecule has 1 aromatic heterocycles. The molecule has 0 aliphatic heterocycles. The minimum Gasteiger partial charge on any atom is -0.357 e. The van der Waals surface area contributed by atoms with E-state index in [1.54, 1.807) is 6.07 Å². The van der Waals surface area contributed by atoms with Gasteiger partial charge in [0.2, 0.25) is 0 Å². The average Bonchev–Trinajstić information content (AvgIpc) is 2.46. The van der Waals surface area contributed by atoms with Gasteiger partial charge < -0.3 is 10.2 Å². The molecule has 0 saturated heterocycles. The molecule has 1 amide bonds. The van der Waals surface area contributed by atoms with Crippen molar-refractivity contribution in [3.63, 3.8) is 0 Å². The third kappa shape index (κ3) is 6.10. The summed E-state index contributed by atoms with van der Waals surface area (Å²) < 4.78 is 0. The van der Waals surface area contributed by atoms with Gasteiger partial charge in [-0.15, -0.1) is 0 Å². The minimum absolute atomic E-state index is 0.118. The van der Waals surface area contributed by atoms with Crippen molar-refractivity contribution in [3.8, 4) is 0 Å². The van der Waals surface area contributed by atoms with E-state index in [0.29, 0.717) is 18.2 Å². The summed E-state index contributed by atoms with van der Waals surface area (Å²) in [6, 6.07) is 1.79. The van der Waals surface area contributed by atoms with Gasteiger partial charge in [0.1, 0.15) is 17.8 Å². The molecule has 0 radical (unpaired) electrons. The molecule has 0 bridgehead atoms. The largest absolute Gasteiger partial charge is 0.357 e. The number of carbonyl (C=O) groups is 1. The molecule has 0 fully saturated rings. The fraction of sp³-hybridized carbons (Fsp3) is 0.688. The van der Waals surface area contributed by atoms with Crippen molar-refractivity contribution >= 4 is 11.7 Å². The highest BCUT2D eigenvalue weighted by Crippen LogP contribution is 2.12. The van der Waals surface area contributed by atoms with Crippen LogP contribution in [0.2, 0.25) is 0 Å². The molecule has 1 rings (SSSR count). The van der Waals surface area contributed by atoms with E-state index in [0.717, 1.165) is 38.2 Å². The molecule has 1 aromatic rings. The Hall–Kier alpha value is -1.65. The zero-order valence-corrected chi connectivity index (χ0v) is 13.7. The molecule has 0 aliphatic carbocycles. The Kier molecular flexibility index (Phi) is 7.72. The van der Waals surface area contributed by atoms with Crippen LogP contribution in [-0.4, -0.2) is 35.5 Å². The minimum atomic E-state index is -0.118. The third-order valence-electron chi connectivity index (χ3n) is 3.20. The maximum Gasteiger partial charge on any atom is 0.270 e. The molecule has 0 spiro atoms. The van der Waals surface area contributed by atoms with Crippen LogP contribution in [0, 0.1) is 5.92 Å². The zero-order valence-electron chi connectivity index (χ0n) is 13.7. The van der Waals surface area contributed by atoms with E-state index in [1.165, 1.54) is 6.33 Å². The Balaban J connectivity index is 2.71. The third-order valence-corrected chi connectivity index (χ3v) is 3.20. The number of carbonyl (C=O) groups excluding carboxylic acids is 1. The molecule has 0 unspecified atom stereocenters. The number of nitrogens with one attached hydrogen (secondary N) is 1. The van der Waals surface area contributed by atoms with Crippen LogP contribution in [-0.2, 0) is 0 Å². The first-order valence-corrected chi connectivity index (χ1v) is 7.93. The normalized spacial score (nSPS) is 10.7. The standard InChI is InChI=1S/C16H28N4O/c1-5-9-20(10-6-2)15-11-14(18-12-19-15)16(21)17-8-7-13(3)4/h11-13H,5-10H2,1-4H3,(H,17,21). The predicted octanol–water partition coefficient (Wildman–Crippen LogP) is 2.88. The Morgan fingerprint density at radius 3 is 2.48 bits per heavy atom. The lowest BCUT2D eigenvalue weighted by Crippen LogP contribution is -2.29. The van der Waals surface area contributed by atoms with Crippen molar-refractivity contribution in [2.24, 2.45) is 5.92 Å². The Morgan fingerprint density at radius 2 is 1.90 bits per heavy atom. The summed E-state index contributed by atoms with van der Waals surface area (Å²) in [6.07, 6.45) is 4.56. The average molecular weight is 292 g/mol. The Bertz CT molecular complexity index is 428. The smallest absolute Gasteiger partial charge is 0.270 e. The summed E-state index contributed by atoms with van der Waals surface area (Å²) >= 11 is 0. The van der Waals surface area contributed by atoms with Gasteiger partial charge in [0.25, 0.3) is 5.91 Å². The quantitative estimate of drug-likeness (QED) is 0.760. The van der Waals surface area contributed by atoms with E-state index in [9.17, 15) is 4.79 Å².